The first-order valence-electron chi connectivity index (χ1n) is 6.80. The van der Waals surface area contributed by atoms with E-state index in [0.29, 0.717) is 11.6 Å². The minimum atomic E-state index is 0.112. The summed E-state index contributed by atoms with van der Waals surface area (Å²) < 4.78 is 0. The predicted molar refractivity (Wildman–Crippen MR) is 78.8 cm³/mol. The quantitative estimate of drug-likeness (QED) is 0.261. The molecule has 0 spiro atoms. The molecule has 1 heterocycles. The van der Waals surface area contributed by atoms with Gasteiger partial charge < -0.3 is 15.8 Å². The Balaban J connectivity index is 2.90. The van der Waals surface area contributed by atoms with Gasteiger partial charge in [-0.3, -0.25) is 0 Å². The summed E-state index contributed by atoms with van der Waals surface area (Å²) in [6.45, 7) is 7.45. The third kappa shape index (κ3) is 4.43. The van der Waals surface area contributed by atoms with Gasteiger partial charge >= 0.3 is 0 Å². The normalized spacial score (nSPS) is 11.9. The van der Waals surface area contributed by atoms with Crippen molar-refractivity contribution in [2.24, 2.45) is 10.9 Å². The Morgan fingerprint density at radius 2 is 2.21 bits per heavy atom. The van der Waals surface area contributed by atoms with Crippen LogP contribution in [0.5, 0.6) is 0 Å². The lowest BCUT2D eigenvalue weighted by Gasteiger charge is -2.28. The standard InChI is InChI=1S/C14H24N4O/c1-4-5-6-9-18(11(2)3)13-10-12(7-8-16-13)14(15)17-19/h7-8,10-11,19H,4-6,9H2,1-3H3,(H2,15,17). The second-order valence-electron chi connectivity index (χ2n) is 4.88. The number of rotatable bonds is 7. The fourth-order valence-electron chi connectivity index (χ4n) is 1.96. The lowest BCUT2D eigenvalue weighted by molar-refractivity contribution is 0.318. The molecule has 0 unspecified atom stereocenters. The monoisotopic (exact) mass is 264 g/mol. The van der Waals surface area contributed by atoms with Crippen molar-refractivity contribution < 1.29 is 5.21 Å². The molecule has 0 amide bonds. The summed E-state index contributed by atoms with van der Waals surface area (Å²) in [7, 11) is 0. The number of amidine groups is 1. The maximum atomic E-state index is 8.73. The van der Waals surface area contributed by atoms with Crippen molar-refractivity contribution in [1.82, 2.24) is 4.98 Å². The molecule has 0 aliphatic rings. The molecule has 0 atom stereocenters. The van der Waals surface area contributed by atoms with E-state index in [1.807, 2.05) is 6.07 Å². The molecule has 3 N–H and O–H groups in total. The minimum Gasteiger partial charge on any atom is -0.409 e. The zero-order chi connectivity index (χ0) is 14.3. The molecule has 5 heteroatoms. The number of aromatic nitrogens is 1. The van der Waals surface area contributed by atoms with Crippen LogP contribution in [0.4, 0.5) is 5.82 Å². The Hall–Kier alpha value is -1.78. The second kappa shape index (κ2) is 7.61. The third-order valence-electron chi connectivity index (χ3n) is 3.07. The van der Waals surface area contributed by atoms with E-state index in [-0.39, 0.29) is 5.84 Å². The van der Waals surface area contributed by atoms with Crippen molar-refractivity contribution in [3.05, 3.63) is 23.9 Å². The van der Waals surface area contributed by atoms with Crippen LogP contribution in [0.3, 0.4) is 0 Å². The van der Waals surface area contributed by atoms with Gasteiger partial charge in [-0.2, -0.15) is 0 Å². The SMILES string of the molecule is CCCCCN(c1cc(/C(N)=N/O)ccn1)C(C)C. The molecule has 0 fully saturated rings. The minimum absolute atomic E-state index is 0.112. The molecule has 5 nitrogen and oxygen atoms in total. The summed E-state index contributed by atoms with van der Waals surface area (Å²) in [6.07, 6.45) is 5.24. The van der Waals surface area contributed by atoms with E-state index in [1.165, 1.54) is 12.8 Å². The fourth-order valence-corrected chi connectivity index (χ4v) is 1.96. The molecular formula is C14H24N4O. The molecule has 0 radical (unpaired) electrons. The van der Waals surface area contributed by atoms with Gasteiger partial charge in [0.25, 0.3) is 0 Å². The van der Waals surface area contributed by atoms with Gasteiger partial charge in [0.1, 0.15) is 5.82 Å². The number of hydrogen-bond acceptors (Lipinski definition) is 4. The van der Waals surface area contributed by atoms with Gasteiger partial charge in [-0.15, -0.1) is 0 Å². The highest BCUT2D eigenvalue weighted by Crippen LogP contribution is 2.16. The number of nitrogens with two attached hydrogens (primary N) is 1. The van der Waals surface area contributed by atoms with E-state index in [0.717, 1.165) is 18.8 Å². The predicted octanol–water partition coefficient (Wildman–Crippen LogP) is 2.58. The zero-order valence-corrected chi connectivity index (χ0v) is 12.0. The maximum Gasteiger partial charge on any atom is 0.170 e. The van der Waals surface area contributed by atoms with E-state index in [4.69, 9.17) is 10.9 Å². The van der Waals surface area contributed by atoms with Crippen LogP contribution < -0.4 is 10.6 Å². The first-order chi connectivity index (χ1) is 9.10. The zero-order valence-electron chi connectivity index (χ0n) is 12.0. The molecule has 0 aliphatic carbocycles. The van der Waals surface area contributed by atoms with Crippen LogP contribution in [0, 0.1) is 0 Å². The van der Waals surface area contributed by atoms with Crippen LogP contribution in [0.15, 0.2) is 23.5 Å². The number of unbranched alkanes of at least 4 members (excludes halogenated alkanes) is 2. The van der Waals surface area contributed by atoms with Gasteiger partial charge in [-0.25, -0.2) is 4.98 Å². The Labute approximate surface area is 115 Å². The summed E-state index contributed by atoms with van der Waals surface area (Å²) >= 11 is 0. The Kier molecular flexibility index (Phi) is 6.12. The van der Waals surface area contributed by atoms with Crippen molar-refractivity contribution in [3.63, 3.8) is 0 Å². The van der Waals surface area contributed by atoms with Gasteiger partial charge in [0.2, 0.25) is 0 Å². The van der Waals surface area contributed by atoms with Crippen LogP contribution in [0.2, 0.25) is 0 Å². The number of hydrogen-bond donors (Lipinski definition) is 2. The summed E-state index contributed by atoms with van der Waals surface area (Å²) in [6, 6.07) is 3.97. The van der Waals surface area contributed by atoms with Crippen molar-refractivity contribution in [3.8, 4) is 0 Å². The van der Waals surface area contributed by atoms with Crippen molar-refractivity contribution >= 4 is 11.7 Å². The van der Waals surface area contributed by atoms with Crippen molar-refractivity contribution in [2.75, 3.05) is 11.4 Å². The summed E-state index contributed by atoms with van der Waals surface area (Å²) in [5, 5.41) is 11.8. The molecule has 0 aromatic carbocycles. The Morgan fingerprint density at radius 3 is 2.79 bits per heavy atom. The van der Waals surface area contributed by atoms with Crippen LogP contribution in [-0.2, 0) is 0 Å². The largest absolute Gasteiger partial charge is 0.409 e. The number of oxime groups is 1. The maximum absolute atomic E-state index is 8.73. The third-order valence-corrected chi connectivity index (χ3v) is 3.07. The molecule has 19 heavy (non-hydrogen) atoms. The molecule has 1 rings (SSSR count). The van der Waals surface area contributed by atoms with E-state index in [2.05, 4.69) is 35.8 Å². The smallest absolute Gasteiger partial charge is 0.170 e. The van der Waals surface area contributed by atoms with Crippen LogP contribution in [0.1, 0.15) is 45.6 Å². The van der Waals surface area contributed by atoms with E-state index < -0.39 is 0 Å². The van der Waals surface area contributed by atoms with Gasteiger partial charge in [0, 0.05) is 24.3 Å². The van der Waals surface area contributed by atoms with Gasteiger partial charge in [0.15, 0.2) is 5.84 Å². The van der Waals surface area contributed by atoms with Gasteiger partial charge in [0.05, 0.1) is 0 Å². The van der Waals surface area contributed by atoms with Gasteiger partial charge in [-0.1, -0.05) is 24.9 Å². The Bertz CT molecular complexity index is 418. The van der Waals surface area contributed by atoms with Crippen molar-refractivity contribution in [2.45, 2.75) is 46.1 Å². The molecule has 106 valence electrons. The fraction of sp³-hybridized carbons (Fsp3) is 0.571. The highest BCUT2D eigenvalue weighted by atomic mass is 16.4. The molecule has 0 saturated heterocycles. The van der Waals surface area contributed by atoms with Gasteiger partial charge in [-0.05, 0) is 32.4 Å². The number of anilines is 1. The van der Waals surface area contributed by atoms with E-state index in [1.54, 1.807) is 12.3 Å². The highest BCUT2D eigenvalue weighted by Gasteiger charge is 2.12. The van der Waals surface area contributed by atoms with E-state index in [9.17, 15) is 0 Å². The highest BCUT2D eigenvalue weighted by molar-refractivity contribution is 5.97. The molecule has 1 aromatic rings. The average Bonchev–Trinajstić information content (AvgIpc) is 2.42. The van der Waals surface area contributed by atoms with Crippen LogP contribution in [0.25, 0.3) is 0 Å². The summed E-state index contributed by atoms with van der Waals surface area (Å²) in [5.74, 6) is 0.983. The summed E-state index contributed by atoms with van der Waals surface area (Å²) in [5.41, 5.74) is 6.30. The molecule has 0 bridgehead atoms. The van der Waals surface area contributed by atoms with E-state index >= 15 is 0 Å². The lowest BCUT2D eigenvalue weighted by atomic mass is 10.2. The molecule has 1 aromatic heterocycles. The average molecular weight is 264 g/mol. The second-order valence-corrected chi connectivity index (χ2v) is 4.88. The summed E-state index contributed by atoms with van der Waals surface area (Å²) in [4.78, 5) is 6.63. The van der Waals surface area contributed by atoms with Crippen LogP contribution in [-0.4, -0.2) is 28.6 Å². The molecular weight excluding hydrogens is 240 g/mol. The van der Waals surface area contributed by atoms with Crippen LogP contribution >= 0.6 is 0 Å². The lowest BCUT2D eigenvalue weighted by Crippen LogP contribution is -2.32. The molecule has 0 saturated carbocycles. The number of nitrogens with zero attached hydrogens (tertiary/aromatic N) is 3. The topological polar surface area (TPSA) is 74.7 Å². The number of pyridine rings is 1. The first kappa shape index (κ1) is 15.3. The first-order valence-corrected chi connectivity index (χ1v) is 6.80. The Morgan fingerprint density at radius 1 is 1.47 bits per heavy atom. The van der Waals surface area contributed by atoms with Crippen molar-refractivity contribution in [1.29, 1.82) is 0 Å². The molecule has 0 aliphatic heterocycles.